The molecular weight excluding hydrogens is 196 g/mol. The largest absolute Gasteiger partial charge is 0.237 e. The molecule has 0 aliphatic heterocycles. The van der Waals surface area contributed by atoms with Crippen LogP contribution in [0.5, 0.6) is 0 Å². The van der Waals surface area contributed by atoms with E-state index in [1.165, 1.54) is 11.3 Å². The third kappa shape index (κ3) is 2.01. The van der Waals surface area contributed by atoms with Gasteiger partial charge in [-0.2, -0.15) is 5.10 Å². The van der Waals surface area contributed by atoms with Gasteiger partial charge < -0.3 is 0 Å². The van der Waals surface area contributed by atoms with Crippen LogP contribution >= 0.6 is 0 Å². The molecule has 16 heavy (non-hydrogen) atoms. The Hall–Kier alpha value is -1.57. The summed E-state index contributed by atoms with van der Waals surface area (Å²) in [6, 6.07) is 10.5. The van der Waals surface area contributed by atoms with Gasteiger partial charge in [-0.05, 0) is 25.1 Å². The highest BCUT2D eigenvalue weighted by atomic mass is 15.3. The summed E-state index contributed by atoms with van der Waals surface area (Å²) in [5, 5.41) is 4.40. The molecule has 2 nitrogen and oxygen atoms in total. The highest BCUT2D eigenvalue weighted by molar-refractivity contribution is 5.36. The summed E-state index contributed by atoms with van der Waals surface area (Å²) < 4.78 is 2.01. The lowest BCUT2D eigenvalue weighted by atomic mass is 9.92. The molecule has 84 valence electrons. The van der Waals surface area contributed by atoms with Gasteiger partial charge in [0.15, 0.2) is 0 Å². The number of nitrogens with zero attached hydrogens (tertiary/aromatic N) is 2. The molecule has 0 spiro atoms. The first kappa shape index (κ1) is 10.9. The van der Waals surface area contributed by atoms with Crippen molar-refractivity contribution in [3.8, 4) is 5.69 Å². The van der Waals surface area contributed by atoms with Gasteiger partial charge in [0.25, 0.3) is 0 Å². The van der Waals surface area contributed by atoms with Crippen LogP contribution in [0.1, 0.15) is 32.0 Å². The van der Waals surface area contributed by atoms with Crippen molar-refractivity contribution in [2.75, 3.05) is 0 Å². The predicted molar refractivity (Wildman–Crippen MR) is 67.0 cm³/mol. The molecule has 2 rings (SSSR count). The molecule has 0 amide bonds. The topological polar surface area (TPSA) is 17.8 Å². The quantitative estimate of drug-likeness (QED) is 0.710. The van der Waals surface area contributed by atoms with Gasteiger partial charge in [-0.1, -0.05) is 38.5 Å². The Labute approximate surface area is 96.9 Å². The molecule has 0 unspecified atom stereocenters. The van der Waals surface area contributed by atoms with E-state index >= 15 is 0 Å². The molecule has 0 bridgehead atoms. The average molecular weight is 214 g/mol. The standard InChI is InChI=1S/C14H18N2/c1-11-5-7-12(8-6-11)16-13(9-10-15-16)14(2,3)4/h5-10H,1-4H3. The molecule has 0 aliphatic carbocycles. The summed E-state index contributed by atoms with van der Waals surface area (Å²) in [4.78, 5) is 0. The van der Waals surface area contributed by atoms with E-state index < -0.39 is 0 Å². The molecule has 0 saturated carbocycles. The maximum absolute atomic E-state index is 4.40. The van der Waals surface area contributed by atoms with Gasteiger partial charge >= 0.3 is 0 Å². The van der Waals surface area contributed by atoms with E-state index in [-0.39, 0.29) is 5.41 Å². The smallest absolute Gasteiger partial charge is 0.0649 e. The number of hydrogen-bond acceptors (Lipinski definition) is 1. The lowest BCUT2D eigenvalue weighted by Crippen LogP contribution is -2.17. The highest BCUT2D eigenvalue weighted by Gasteiger charge is 2.19. The Balaban J connectivity index is 2.49. The van der Waals surface area contributed by atoms with Crippen molar-refractivity contribution >= 4 is 0 Å². The van der Waals surface area contributed by atoms with Crippen molar-refractivity contribution in [2.45, 2.75) is 33.1 Å². The predicted octanol–water partition coefficient (Wildman–Crippen LogP) is 3.48. The van der Waals surface area contributed by atoms with E-state index in [4.69, 9.17) is 0 Å². The summed E-state index contributed by atoms with van der Waals surface area (Å²) >= 11 is 0. The zero-order valence-corrected chi connectivity index (χ0v) is 10.4. The Morgan fingerprint density at radius 1 is 1.00 bits per heavy atom. The van der Waals surface area contributed by atoms with Gasteiger partial charge in [-0.25, -0.2) is 4.68 Å². The molecule has 0 N–H and O–H groups in total. The fourth-order valence-electron chi connectivity index (χ4n) is 1.76. The number of benzene rings is 1. The van der Waals surface area contributed by atoms with Crippen LogP contribution in [0.2, 0.25) is 0 Å². The van der Waals surface area contributed by atoms with E-state index in [9.17, 15) is 0 Å². The summed E-state index contributed by atoms with van der Waals surface area (Å²) in [7, 11) is 0. The SMILES string of the molecule is Cc1ccc(-n2nccc2C(C)(C)C)cc1. The van der Waals surface area contributed by atoms with Crippen LogP contribution in [0.4, 0.5) is 0 Å². The molecule has 2 heteroatoms. The third-order valence-electron chi connectivity index (χ3n) is 2.69. The van der Waals surface area contributed by atoms with E-state index in [1.54, 1.807) is 0 Å². The Morgan fingerprint density at radius 2 is 1.62 bits per heavy atom. The van der Waals surface area contributed by atoms with E-state index in [0.29, 0.717) is 0 Å². The molecule has 0 aliphatic rings. The number of hydrogen-bond donors (Lipinski definition) is 0. The first-order valence-electron chi connectivity index (χ1n) is 5.60. The summed E-state index contributed by atoms with van der Waals surface area (Å²) in [5.74, 6) is 0. The lowest BCUT2D eigenvalue weighted by Gasteiger charge is -2.20. The van der Waals surface area contributed by atoms with Crippen LogP contribution in [-0.2, 0) is 5.41 Å². The maximum atomic E-state index is 4.40. The number of aromatic nitrogens is 2. The van der Waals surface area contributed by atoms with E-state index in [1.807, 2.05) is 10.9 Å². The Bertz CT molecular complexity index is 472. The van der Waals surface area contributed by atoms with Crippen molar-refractivity contribution in [3.63, 3.8) is 0 Å². The number of rotatable bonds is 1. The summed E-state index contributed by atoms with van der Waals surface area (Å²) in [6.07, 6.45) is 1.86. The minimum atomic E-state index is 0.112. The lowest BCUT2D eigenvalue weighted by molar-refractivity contribution is 0.544. The minimum absolute atomic E-state index is 0.112. The van der Waals surface area contributed by atoms with Crippen molar-refractivity contribution < 1.29 is 0 Å². The van der Waals surface area contributed by atoms with Crippen LogP contribution in [0, 0.1) is 6.92 Å². The van der Waals surface area contributed by atoms with Crippen LogP contribution in [0.25, 0.3) is 5.69 Å². The third-order valence-corrected chi connectivity index (χ3v) is 2.69. The van der Waals surface area contributed by atoms with Gasteiger partial charge in [-0.3, -0.25) is 0 Å². The molecular formula is C14H18N2. The normalized spacial score (nSPS) is 11.8. The molecule has 0 atom stereocenters. The molecule has 1 aromatic carbocycles. The van der Waals surface area contributed by atoms with Gasteiger partial charge in [0, 0.05) is 17.3 Å². The van der Waals surface area contributed by atoms with Crippen molar-refractivity contribution in [1.82, 2.24) is 9.78 Å². The van der Waals surface area contributed by atoms with E-state index in [0.717, 1.165) is 5.69 Å². The highest BCUT2D eigenvalue weighted by Crippen LogP contribution is 2.24. The molecule has 1 aromatic heterocycles. The van der Waals surface area contributed by atoms with Crippen LogP contribution < -0.4 is 0 Å². The van der Waals surface area contributed by atoms with Crippen LogP contribution in [0.3, 0.4) is 0 Å². The zero-order valence-electron chi connectivity index (χ0n) is 10.4. The van der Waals surface area contributed by atoms with Gasteiger partial charge in [-0.15, -0.1) is 0 Å². The first-order chi connectivity index (χ1) is 7.48. The summed E-state index contributed by atoms with van der Waals surface area (Å²) in [6.45, 7) is 8.70. The Kier molecular flexibility index (Phi) is 2.58. The number of aryl methyl sites for hydroxylation is 1. The average Bonchev–Trinajstić information content (AvgIpc) is 2.66. The van der Waals surface area contributed by atoms with Crippen molar-refractivity contribution in [1.29, 1.82) is 0 Å². The fourth-order valence-corrected chi connectivity index (χ4v) is 1.76. The van der Waals surface area contributed by atoms with Crippen LogP contribution in [-0.4, -0.2) is 9.78 Å². The minimum Gasteiger partial charge on any atom is -0.237 e. The second kappa shape index (κ2) is 3.78. The van der Waals surface area contributed by atoms with E-state index in [2.05, 4.69) is 63.1 Å². The van der Waals surface area contributed by atoms with Gasteiger partial charge in [0.05, 0.1) is 5.69 Å². The van der Waals surface area contributed by atoms with Gasteiger partial charge in [0.1, 0.15) is 0 Å². The molecule has 2 aromatic rings. The van der Waals surface area contributed by atoms with Gasteiger partial charge in [0.2, 0.25) is 0 Å². The fraction of sp³-hybridized carbons (Fsp3) is 0.357. The second-order valence-electron chi connectivity index (χ2n) is 5.21. The van der Waals surface area contributed by atoms with Crippen molar-refractivity contribution in [3.05, 3.63) is 47.8 Å². The van der Waals surface area contributed by atoms with Crippen molar-refractivity contribution in [2.24, 2.45) is 0 Å². The Morgan fingerprint density at radius 3 is 2.19 bits per heavy atom. The second-order valence-corrected chi connectivity index (χ2v) is 5.21. The monoisotopic (exact) mass is 214 g/mol. The maximum Gasteiger partial charge on any atom is 0.0649 e. The zero-order chi connectivity index (χ0) is 11.8. The molecule has 0 radical (unpaired) electrons. The molecule has 0 fully saturated rings. The molecule has 1 heterocycles. The molecule has 0 saturated heterocycles. The first-order valence-corrected chi connectivity index (χ1v) is 5.60. The summed E-state index contributed by atoms with van der Waals surface area (Å²) in [5.41, 5.74) is 3.74. The van der Waals surface area contributed by atoms with Crippen LogP contribution in [0.15, 0.2) is 36.5 Å².